The van der Waals surface area contributed by atoms with E-state index >= 15 is 0 Å². The van der Waals surface area contributed by atoms with Crippen LogP contribution in [-0.2, 0) is 11.3 Å². The van der Waals surface area contributed by atoms with Crippen LogP contribution in [0.4, 0.5) is 5.69 Å². The summed E-state index contributed by atoms with van der Waals surface area (Å²) in [6.45, 7) is 2.49. The van der Waals surface area contributed by atoms with E-state index in [2.05, 4.69) is 10.2 Å². The molecular weight excluding hydrogens is 431 g/mol. The molecule has 0 bridgehead atoms. The lowest BCUT2D eigenvalue weighted by molar-refractivity contribution is -0.121. The van der Waals surface area contributed by atoms with Gasteiger partial charge in [0.15, 0.2) is 0 Å². The number of carbonyl (C=O) groups is 1. The molecule has 6 heteroatoms. The van der Waals surface area contributed by atoms with Crippen LogP contribution in [0.1, 0.15) is 18.4 Å². The van der Waals surface area contributed by atoms with Crippen molar-refractivity contribution < 1.29 is 9.21 Å². The van der Waals surface area contributed by atoms with Gasteiger partial charge < -0.3 is 9.73 Å². The molecule has 3 aromatic carbocycles. The molecule has 158 valence electrons. The average Bonchev–Trinajstić information content (AvgIpc) is 3.14. The van der Waals surface area contributed by atoms with Gasteiger partial charge in [-0.25, -0.2) is 0 Å². The summed E-state index contributed by atoms with van der Waals surface area (Å²) in [5.41, 5.74) is 3.47. The number of fused-ring (bicyclic) bond motifs is 3. The van der Waals surface area contributed by atoms with Crippen LogP contribution in [0.2, 0.25) is 10.0 Å². The summed E-state index contributed by atoms with van der Waals surface area (Å²) < 4.78 is 5.93. The largest absolute Gasteiger partial charge is 0.456 e. The maximum Gasteiger partial charge on any atom is 0.227 e. The lowest BCUT2D eigenvalue weighted by atomic mass is 9.95. The molecule has 1 aromatic heterocycles. The highest BCUT2D eigenvalue weighted by molar-refractivity contribution is 6.35. The number of amides is 1. The molecule has 31 heavy (non-hydrogen) atoms. The number of hydrogen-bond donors (Lipinski definition) is 1. The van der Waals surface area contributed by atoms with Gasteiger partial charge in [-0.3, -0.25) is 9.69 Å². The summed E-state index contributed by atoms with van der Waals surface area (Å²) in [6, 6.07) is 19.4. The Labute approximate surface area is 190 Å². The fourth-order valence-electron chi connectivity index (χ4n) is 4.29. The molecule has 4 aromatic rings. The number of likely N-dealkylation sites (tertiary alicyclic amines) is 1. The number of rotatable bonds is 4. The van der Waals surface area contributed by atoms with Gasteiger partial charge in [0, 0.05) is 45.0 Å². The Hall–Kier alpha value is -2.53. The lowest BCUT2D eigenvalue weighted by Crippen LogP contribution is -2.37. The standard InChI is InChI=1S/C25H22Cl2N2O2/c26-18-6-5-17(22(27)13-18)15-29-11-9-16(10-12-29)25(30)28-19-7-8-21-20-3-1-2-4-23(20)31-24(21)14-19/h1-8,13-14,16H,9-12,15H2,(H,28,30). The van der Waals surface area contributed by atoms with Crippen LogP contribution in [-0.4, -0.2) is 23.9 Å². The van der Waals surface area contributed by atoms with Crippen LogP contribution < -0.4 is 5.32 Å². The van der Waals surface area contributed by atoms with Crippen LogP contribution in [0.15, 0.2) is 65.1 Å². The van der Waals surface area contributed by atoms with E-state index < -0.39 is 0 Å². The molecule has 2 heterocycles. The number of piperidine rings is 1. The number of benzene rings is 3. The van der Waals surface area contributed by atoms with E-state index in [-0.39, 0.29) is 11.8 Å². The van der Waals surface area contributed by atoms with Gasteiger partial charge in [0.05, 0.1) is 0 Å². The first-order valence-electron chi connectivity index (χ1n) is 10.5. The zero-order valence-corrected chi connectivity index (χ0v) is 18.4. The maximum atomic E-state index is 12.8. The van der Waals surface area contributed by atoms with Crippen LogP contribution in [0.25, 0.3) is 21.9 Å². The molecular formula is C25H22Cl2N2O2. The van der Waals surface area contributed by atoms with Gasteiger partial charge in [0.25, 0.3) is 0 Å². The molecule has 1 saturated heterocycles. The summed E-state index contributed by atoms with van der Waals surface area (Å²) in [4.78, 5) is 15.2. The van der Waals surface area contributed by atoms with Gasteiger partial charge >= 0.3 is 0 Å². The molecule has 1 amide bonds. The minimum atomic E-state index is 0.00306. The fraction of sp³-hybridized carbons (Fsp3) is 0.240. The monoisotopic (exact) mass is 452 g/mol. The summed E-state index contributed by atoms with van der Waals surface area (Å²) in [7, 11) is 0. The molecule has 0 saturated carbocycles. The van der Waals surface area contributed by atoms with Crippen LogP contribution >= 0.6 is 23.2 Å². The van der Waals surface area contributed by atoms with E-state index in [1.165, 1.54) is 0 Å². The molecule has 5 rings (SSSR count). The second-order valence-corrected chi connectivity index (χ2v) is 8.93. The van der Waals surface area contributed by atoms with Crippen molar-refractivity contribution in [1.82, 2.24) is 4.90 Å². The number of halogens is 2. The molecule has 1 aliphatic rings. The number of furan rings is 1. The highest BCUT2D eigenvalue weighted by atomic mass is 35.5. The predicted octanol–water partition coefficient (Wildman–Crippen LogP) is 6.74. The lowest BCUT2D eigenvalue weighted by Gasteiger charge is -2.31. The van der Waals surface area contributed by atoms with Gasteiger partial charge in [0.1, 0.15) is 11.2 Å². The molecule has 0 aliphatic carbocycles. The molecule has 1 aliphatic heterocycles. The summed E-state index contributed by atoms with van der Waals surface area (Å²) in [6.07, 6.45) is 1.65. The molecule has 0 atom stereocenters. The van der Waals surface area contributed by atoms with Gasteiger partial charge in [0.2, 0.25) is 5.91 Å². The Kier molecular flexibility index (Phi) is 5.61. The highest BCUT2D eigenvalue weighted by Crippen LogP contribution is 2.31. The second kappa shape index (κ2) is 8.54. The molecule has 1 fully saturated rings. The minimum Gasteiger partial charge on any atom is -0.456 e. The Morgan fingerprint density at radius 1 is 0.968 bits per heavy atom. The third kappa shape index (κ3) is 4.29. The van der Waals surface area contributed by atoms with E-state index in [9.17, 15) is 4.79 Å². The summed E-state index contributed by atoms with van der Waals surface area (Å²) >= 11 is 12.3. The van der Waals surface area contributed by atoms with Crippen LogP contribution in [0, 0.1) is 5.92 Å². The first kappa shape index (κ1) is 20.4. The van der Waals surface area contributed by atoms with E-state index in [0.29, 0.717) is 10.0 Å². The van der Waals surface area contributed by atoms with Crippen molar-refractivity contribution in [3.63, 3.8) is 0 Å². The first-order valence-corrected chi connectivity index (χ1v) is 11.2. The second-order valence-electron chi connectivity index (χ2n) is 8.08. The van der Waals surface area contributed by atoms with Crippen molar-refractivity contribution in [2.75, 3.05) is 18.4 Å². The molecule has 0 radical (unpaired) electrons. The van der Waals surface area contributed by atoms with Crippen molar-refractivity contribution >= 4 is 56.7 Å². The third-order valence-corrected chi connectivity index (χ3v) is 6.60. The van der Waals surface area contributed by atoms with Crippen molar-refractivity contribution in [3.05, 3.63) is 76.3 Å². The van der Waals surface area contributed by atoms with Gasteiger partial charge in [-0.05, 0) is 61.8 Å². The number of carbonyl (C=O) groups excluding carboxylic acids is 1. The number of nitrogens with one attached hydrogen (secondary N) is 1. The van der Waals surface area contributed by atoms with Crippen molar-refractivity contribution in [2.45, 2.75) is 19.4 Å². The van der Waals surface area contributed by atoms with E-state index in [4.69, 9.17) is 27.6 Å². The fourth-order valence-corrected chi connectivity index (χ4v) is 4.76. The van der Waals surface area contributed by atoms with Crippen molar-refractivity contribution in [3.8, 4) is 0 Å². The number of hydrogen-bond acceptors (Lipinski definition) is 3. The summed E-state index contributed by atoms with van der Waals surface area (Å²) in [5, 5.41) is 6.55. The average molecular weight is 453 g/mol. The van der Waals surface area contributed by atoms with Gasteiger partial charge in [-0.2, -0.15) is 0 Å². The Morgan fingerprint density at radius 2 is 1.74 bits per heavy atom. The predicted molar refractivity (Wildman–Crippen MR) is 127 cm³/mol. The Balaban J connectivity index is 1.21. The number of nitrogens with zero attached hydrogens (tertiary/aromatic N) is 1. The normalized spacial score (nSPS) is 15.5. The third-order valence-electron chi connectivity index (χ3n) is 6.01. The minimum absolute atomic E-state index is 0.00306. The zero-order valence-electron chi connectivity index (χ0n) is 16.9. The Morgan fingerprint density at radius 3 is 2.55 bits per heavy atom. The zero-order chi connectivity index (χ0) is 21.4. The maximum absolute atomic E-state index is 12.8. The van der Waals surface area contributed by atoms with Crippen molar-refractivity contribution in [2.24, 2.45) is 5.92 Å². The number of para-hydroxylation sites is 1. The SMILES string of the molecule is O=C(Nc1ccc2c(c1)oc1ccccc12)C1CCN(Cc2ccc(Cl)cc2Cl)CC1. The van der Waals surface area contributed by atoms with E-state index in [1.807, 2.05) is 54.6 Å². The van der Waals surface area contributed by atoms with Crippen LogP contribution in [0.3, 0.4) is 0 Å². The van der Waals surface area contributed by atoms with E-state index in [0.717, 1.165) is 65.7 Å². The number of anilines is 1. The van der Waals surface area contributed by atoms with Gasteiger partial charge in [-0.1, -0.05) is 47.5 Å². The Bertz CT molecular complexity index is 1260. The molecule has 4 nitrogen and oxygen atoms in total. The smallest absolute Gasteiger partial charge is 0.227 e. The topological polar surface area (TPSA) is 45.5 Å². The quantitative estimate of drug-likeness (QED) is 0.372. The molecule has 0 unspecified atom stereocenters. The molecule has 1 N–H and O–H groups in total. The van der Waals surface area contributed by atoms with Crippen LogP contribution in [0.5, 0.6) is 0 Å². The van der Waals surface area contributed by atoms with Crippen molar-refractivity contribution in [1.29, 1.82) is 0 Å². The highest BCUT2D eigenvalue weighted by Gasteiger charge is 2.25. The molecule has 0 spiro atoms. The summed E-state index contributed by atoms with van der Waals surface area (Å²) in [5.74, 6) is 0.0722. The first-order chi connectivity index (χ1) is 15.1. The van der Waals surface area contributed by atoms with Gasteiger partial charge in [-0.15, -0.1) is 0 Å². The van der Waals surface area contributed by atoms with E-state index in [1.54, 1.807) is 6.07 Å².